The van der Waals surface area contributed by atoms with Crippen LogP contribution in [0.25, 0.3) is 26.6 Å². The van der Waals surface area contributed by atoms with Crippen molar-refractivity contribution in [3.05, 3.63) is 53.6 Å². The molecule has 1 N–H and O–H groups in total. The highest BCUT2D eigenvalue weighted by Crippen LogP contribution is 2.30. The van der Waals surface area contributed by atoms with Gasteiger partial charge in [0.1, 0.15) is 5.82 Å². The molecule has 0 radical (unpaired) electrons. The first-order chi connectivity index (χ1) is 16.4. The van der Waals surface area contributed by atoms with Gasteiger partial charge in [-0.2, -0.15) is 0 Å². The number of pyridine rings is 1. The number of carbonyl (C=O) groups excluding carboxylic acids is 2. The molecule has 9 heteroatoms. The predicted molar refractivity (Wildman–Crippen MR) is 133 cm³/mol. The van der Waals surface area contributed by atoms with Crippen molar-refractivity contribution in [3.63, 3.8) is 0 Å². The Morgan fingerprint density at radius 3 is 2.65 bits per heavy atom. The van der Waals surface area contributed by atoms with Crippen LogP contribution in [-0.4, -0.2) is 57.6 Å². The van der Waals surface area contributed by atoms with Crippen LogP contribution in [0.2, 0.25) is 0 Å². The molecule has 0 aliphatic rings. The van der Waals surface area contributed by atoms with Crippen molar-refractivity contribution in [2.24, 2.45) is 0 Å². The maximum Gasteiger partial charge on any atom is 0.251 e. The fourth-order valence-electron chi connectivity index (χ4n) is 3.97. The van der Waals surface area contributed by atoms with E-state index in [9.17, 15) is 14.0 Å². The lowest BCUT2D eigenvalue weighted by Crippen LogP contribution is -2.24. The summed E-state index contributed by atoms with van der Waals surface area (Å²) in [7, 11) is 1.50. The number of fused-ring (bicyclic) bond motifs is 3. The van der Waals surface area contributed by atoms with Gasteiger partial charge in [-0.1, -0.05) is 25.2 Å². The third-order valence-electron chi connectivity index (χ3n) is 6.01. The van der Waals surface area contributed by atoms with Crippen molar-refractivity contribution in [2.45, 2.75) is 33.1 Å². The van der Waals surface area contributed by atoms with Gasteiger partial charge >= 0.3 is 0 Å². The number of ketones is 1. The van der Waals surface area contributed by atoms with Crippen LogP contribution in [0.5, 0.6) is 0 Å². The number of hydrogen-bond donors (Lipinski definition) is 1. The number of nitrogens with zero attached hydrogens (tertiary/aromatic N) is 4. The first-order valence-corrected chi connectivity index (χ1v) is 12.3. The summed E-state index contributed by atoms with van der Waals surface area (Å²) in [5.74, 6) is -0.766. The van der Waals surface area contributed by atoms with Gasteiger partial charge in [-0.15, -0.1) is 0 Å². The predicted octanol–water partition coefficient (Wildman–Crippen LogP) is 4.80. The van der Waals surface area contributed by atoms with E-state index in [2.05, 4.69) is 34.0 Å². The smallest absolute Gasteiger partial charge is 0.251 e. The Balaban J connectivity index is 1.51. The molecule has 1 aromatic carbocycles. The van der Waals surface area contributed by atoms with Crippen molar-refractivity contribution < 1.29 is 14.0 Å². The molecule has 34 heavy (non-hydrogen) atoms. The van der Waals surface area contributed by atoms with Crippen LogP contribution in [0.4, 0.5) is 4.39 Å². The molecular weight excluding hydrogens is 453 g/mol. The standard InChI is InChI=1S/C25H28FN5O2S/c1-4-30(5-2)11-7-6-8-21(32)17-13-22-23(28-14-17)31-15-20(29-25(31)34-22)18-10-9-16(12-19(18)26)24(33)27-3/h9-10,12-15H,4-8,11H2,1-3H3,(H,27,33). The number of unbranched alkanes of at least 4 members (excludes halogenated alkanes) is 1. The summed E-state index contributed by atoms with van der Waals surface area (Å²) in [5, 5.41) is 2.48. The second-order valence-electron chi connectivity index (χ2n) is 8.11. The fraction of sp³-hybridized carbons (Fsp3) is 0.360. The first-order valence-electron chi connectivity index (χ1n) is 11.5. The average molecular weight is 482 g/mol. The van der Waals surface area contributed by atoms with Crippen molar-refractivity contribution >= 4 is 38.3 Å². The molecule has 0 aliphatic heterocycles. The van der Waals surface area contributed by atoms with Gasteiger partial charge in [-0.3, -0.25) is 14.0 Å². The SMILES string of the molecule is CCN(CC)CCCCC(=O)c1cnc2c(c1)sc1nc(-c3ccc(C(=O)NC)cc3F)cn12. The van der Waals surface area contributed by atoms with Crippen LogP contribution in [0, 0.1) is 5.82 Å². The van der Waals surface area contributed by atoms with Crippen LogP contribution in [0.15, 0.2) is 36.7 Å². The minimum atomic E-state index is -0.516. The quantitative estimate of drug-likeness (QED) is 0.260. The molecule has 3 heterocycles. The molecule has 4 aromatic rings. The molecule has 0 saturated carbocycles. The number of rotatable bonds is 10. The van der Waals surface area contributed by atoms with E-state index in [1.807, 2.05) is 6.07 Å². The summed E-state index contributed by atoms with van der Waals surface area (Å²) >= 11 is 1.41. The second kappa shape index (κ2) is 10.4. The van der Waals surface area contributed by atoms with Gasteiger partial charge in [-0.25, -0.2) is 14.4 Å². The number of carbonyl (C=O) groups is 2. The Labute approximate surface area is 201 Å². The third-order valence-corrected chi connectivity index (χ3v) is 7.01. The van der Waals surface area contributed by atoms with Crippen LogP contribution in [0.1, 0.15) is 53.8 Å². The summed E-state index contributed by atoms with van der Waals surface area (Å²) in [6, 6.07) is 6.20. The fourth-order valence-corrected chi connectivity index (χ4v) is 4.98. The van der Waals surface area contributed by atoms with Crippen LogP contribution >= 0.6 is 11.3 Å². The van der Waals surface area contributed by atoms with E-state index < -0.39 is 5.82 Å². The molecule has 1 amide bonds. The van der Waals surface area contributed by atoms with E-state index in [0.29, 0.717) is 33.8 Å². The third kappa shape index (κ3) is 4.85. The topological polar surface area (TPSA) is 79.6 Å². The zero-order valence-electron chi connectivity index (χ0n) is 19.6. The maximum absolute atomic E-state index is 14.7. The number of amides is 1. The number of aromatic nitrogens is 3. The number of Topliss-reactive ketones (excluding diaryl/α,β-unsaturated/α-hetero) is 1. The average Bonchev–Trinajstić information content (AvgIpc) is 3.40. The Morgan fingerprint density at radius 1 is 1.15 bits per heavy atom. The largest absolute Gasteiger partial charge is 0.355 e. The van der Waals surface area contributed by atoms with Gasteiger partial charge in [-0.05, 0) is 56.7 Å². The monoisotopic (exact) mass is 481 g/mol. The van der Waals surface area contributed by atoms with E-state index in [1.54, 1.807) is 28.9 Å². The molecule has 0 fully saturated rings. The van der Waals surface area contributed by atoms with Crippen LogP contribution in [0.3, 0.4) is 0 Å². The number of hydrogen-bond acceptors (Lipinski definition) is 6. The lowest BCUT2D eigenvalue weighted by atomic mass is 10.1. The summed E-state index contributed by atoms with van der Waals surface area (Å²) in [5.41, 5.74) is 2.31. The zero-order chi connectivity index (χ0) is 24.2. The number of thiazole rings is 1. The van der Waals surface area contributed by atoms with Gasteiger partial charge < -0.3 is 10.2 Å². The highest BCUT2D eigenvalue weighted by Gasteiger charge is 2.17. The van der Waals surface area contributed by atoms with Gasteiger partial charge in [0.2, 0.25) is 0 Å². The van der Waals surface area contributed by atoms with E-state index in [1.165, 1.54) is 24.5 Å². The summed E-state index contributed by atoms with van der Waals surface area (Å²) in [6.45, 7) is 7.37. The normalized spacial score (nSPS) is 11.6. The number of nitrogens with one attached hydrogen (secondary N) is 1. The number of benzene rings is 1. The summed E-state index contributed by atoms with van der Waals surface area (Å²) in [6.07, 6.45) is 5.70. The molecule has 7 nitrogen and oxygen atoms in total. The molecular formula is C25H28FN5O2S. The van der Waals surface area contributed by atoms with E-state index in [-0.39, 0.29) is 17.3 Å². The van der Waals surface area contributed by atoms with E-state index >= 15 is 0 Å². The molecule has 0 aliphatic carbocycles. The van der Waals surface area contributed by atoms with Crippen molar-refractivity contribution in [3.8, 4) is 11.3 Å². The maximum atomic E-state index is 14.7. The summed E-state index contributed by atoms with van der Waals surface area (Å²) in [4.78, 5) is 36.5. The molecule has 0 bridgehead atoms. The first kappa shape index (κ1) is 24.0. The molecule has 0 saturated heterocycles. The molecule has 4 rings (SSSR count). The Bertz CT molecular complexity index is 1340. The van der Waals surface area contributed by atoms with Crippen molar-refractivity contribution in [2.75, 3.05) is 26.7 Å². The lowest BCUT2D eigenvalue weighted by Gasteiger charge is -2.17. The highest BCUT2D eigenvalue weighted by molar-refractivity contribution is 7.23. The molecule has 0 atom stereocenters. The van der Waals surface area contributed by atoms with Crippen molar-refractivity contribution in [1.82, 2.24) is 24.6 Å². The van der Waals surface area contributed by atoms with Crippen LogP contribution < -0.4 is 5.32 Å². The zero-order valence-corrected chi connectivity index (χ0v) is 20.4. The number of halogens is 1. The Hall–Kier alpha value is -3.17. The van der Waals surface area contributed by atoms with Gasteiger partial charge in [0, 0.05) is 42.6 Å². The van der Waals surface area contributed by atoms with E-state index in [0.717, 1.165) is 37.2 Å². The molecule has 3 aromatic heterocycles. The molecule has 178 valence electrons. The minimum absolute atomic E-state index is 0.0963. The molecule has 0 spiro atoms. The van der Waals surface area contributed by atoms with Gasteiger partial charge in [0.05, 0.1) is 10.4 Å². The number of imidazole rings is 1. The van der Waals surface area contributed by atoms with E-state index in [4.69, 9.17) is 0 Å². The lowest BCUT2D eigenvalue weighted by molar-refractivity contribution is 0.0959. The minimum Gasteiger partial charge on any atom is -0.355 e. The summed E-state index contributed by atoms with van der Waals surface area (Å²) < 4.78 is 17.3. The Kier molecular flexibility index (Phi) is 7.33. The van der Waals surface area contributed by atoms with Crippen LogP contribution in [-0.2, 0) is 0 Å². The highest BCUT2D eigenvalue weighted by atomic mass is 32.1. The molecule has 0 unspecified atom stereocenters. The Morgan fingerprint density at radius 2 is 1.94 bits per heavy atom. The van der Waals surface area contributed by atoms with Crippen molar-refractivity contribution in [1.29, 1.82) is 0 Å². The van der Waals surface area contributed by atoms with Gasteiger partial charge in [0.25, 0.3) is 5.91 Å². The van der Waals surface area contributed by atoms with Gasteiger partial charge in [0.15, 0.2) is 16.4 Å². The second-order valence-corrected chi connectivity index (χ2v) is 9.12.